The zero-order valence-electron chi connectivity index (χ0n) is 9.96. The van der Waals surface area contributed by atoms with Gasteiger partial charge in [-0.3, -0.25) is 4.79 Å². The van der Waals surface area contributed by atoms with Crippen LogP contribution < -0.4 is 5.32 Å². The van der Waals surface area contributed by atoms with Gasteiger partial charge in [-0.25, -0.2) is 0 Å². The van der Waals surface area contributed by atoms with E-state index < -0.39 is 0 Å². The number of hydrogen-bond acceptors (Lipinski definition) is 3. The van der Waals surface area contributed by atoms with E-state index in [9.17, 15) is 4.79 Å². The van der Waals surface area contributed by atoms with Gasteiger partial charge in [-0.05, 0) is 19.8 Å². The van der Waals surface area contributed by atoms with Crippen molar-refractivity contribution in [3.8, 4) is 0 Å². The van der Waals surface area contributed by atoms with Crippen LogP contribution in [0.5, 0.6) is 0 Å². The largest absolute Gasteiger partial charge is 0.461 e. The Balaban J connectivity index is 3.93. The van der Waals surface area contributed by atoms with Crippen LogP contribution in [-0.4, -0.2) is 24.2 Å². The van der Waals surface area contributed by atoms with Crippen LogP contribution in [0, 0.1) is 0 Å². The molecule has 0 saturated heterocycles. The van der Waals surface area contributed by atoms with E-state index >= 15 is 0 Å². The third-order valence-electron chi connectivity index (χ3n) is 2.13. The normalized spacial score (nSPS) is 13.4. The lowest BCUT2D eigenvalue weighted by Gasteiger charge is -2.19. The van der Waals surface area contributed by atoms with Crippen molar-refractivity contribution in [2.45, 2.75) is 65.6 Å². The summed E-state index contributed by atoms with van der Waals surface area (Å²) in [6, 6.07) is 0.0925. The van der Waals surface area contributed by atoms with Gasteiger partial charge in [0.05, 0.1) is 0 Å². The number of hydrogen-bond donors (Lipinski definition) is 1. The summed E-state index contributed by atoms with van der Waals surface area (Å²) in [7, 11) is 0. The van der Waals surface area contributed by atoms with E-state index in [1.165, 1.54) is 0 Å². The molecule has 0 radical (unpaired) electrons. The molecule has 0 heterocycles. The lowest BCUT2D eigenvalue weighted by Crippen LogP contribution is -2.40. The fourth-order valence-electron chi connectivity index (χ4n) is 1.29. The summed E-state index contributed by atoms with van der Waals surface area (Å²) in [5, 5.41) is 3.12. The Labute approximate surface area is 87.2 Å². The molecule has 0 aromatic carbocycles. The van der Waals surface area contributed by atoms with Crippen molar-refractivity contribution in [3.63, 3.8) is 0 Å². The first-order valence-corrected chi connectivity index (χ1v) is 5.47. The van der Waals surface area contributed by atoms with Crippen LogP contribution in [0.1, 0.15) is 47.5 Å². The Morgan fingerprint density at radius 2 is 1.71 bits per heavy atom. The first-order chi connectivity index (χ1) is 6.51. The first-order valence-electron chi connectivity index (χ1n) is 5.47. The minimum absolute atomic E-state index is 0.0684. The topological polar surface area (TPSA) is 38.3 Å². The van der Waals surface area contributed by atoms with Gasteiger partial charge in [0.2, 0.25) is 0 Å². The maximum absolute atomic E-state index is 11.5. The summed E-state index contributed by atoms with van der Waals surface area (Å²) in [6.07, 6.45) is 1.84. The quantitative estimate of drug-likeness (QED) is 0.669. The van der Waals surface area contributed by atoms with E-state index in [2.05, 4.69) is 5.32 Å². The van der Waals surface area contributed by atoms with Crippen molar-refractivity contribution < 1.29 is 9.53 Å². The lowest BCUT2D eigenvalue weighted by molar-refractivity contribution is -0.151. The number of nitrogens with one attached hydrogen (secondary N) is 1. The van der Waals surface area contributed by atoms with E-state index in [0.29, 0.717) is 6.04 Å². The molecule has 0 aromatic heterocycles. The molecule has 0 spiro atoms. The monoisotopic (exact) mass is 201 g/mol. The second-order valence-corrected chi connectivity index (χ2v) is 3.92. The van der Waals surface area contributed by atoms with Crippen molar-refractivity contribution >= 4 is 5.97 Å². The number of ether oxygens (including phenoxy) is 1. The maximum Gasteiger partial charge on any atom is 0.323 e. The average Bonchev–Trinajstić information content (AvgIpc) is 2.12. The highest BCUT2D eigenvalue weighted by Crippen LogP contribution is 2.04. The Bertz CT molecular complexity index is 165. The van der Waals surface area contributed by atoms with E-state index in [0.717, 1.165) is 12.8 Å². The van der Waals surface area contributed by atoms with E-state index in [1.807, 2.05) is 34.6 Å². The van der Waals surface area contributed by atoms with Gasteiger partial charge < -0.3 is 10.1 Å². The maximum atomic E-state index is 11.5. The molecule has 1 atom stereocenters. The Hall–Kier alpha value is -0.570. The molecule has 14 heavy (non-hydrogen) atoms. The molecule has 1 N–H and O–H groups in total. The molecular formula is C11H23NO2. The summed E-state index contributed by atoms with van der Waals surface area (Å²) in [6.45, 7) is 9.93. The van der Waals surface area contributed by atoms with Gasteiger partial charge in [0, 0.05) is 6.04 Å². The van der Waals surface area contributed by atoms with Gasteiger partial charge in [-0.15, -0.1) is 0 Å². The fraction of sp³-hybridized carbons (Fsp3) is 0.909. The second kappa shape index (κ2) is 6.82. The molecule has 84 valence electrons. The molecule has 0 unspecified atom stereocenters. The molecule has 3 heteroatoms. The minimum atomic E-state index is -0.212. The molecule has 0 amide bonds. The van der Waals surface area contributed by atoms with Crippen LogP contribution in [0.4, 0.5) is 0 Å². The number of carbonyl (C=O) groups is 1. The Morgan fingerprint density at radius 1 is 1.21 bits per heavy atom. The van der Waals surface area contributed by atoms with Crippen molar-refractivity contribution in [1.82, 2.24) is 5.32 Å². The molecular weight excluding hydrogens is 178 g/mol. The number of carbonyl (C=O) groups excluding carboxylic acids is 1. The van der Waals surface area contributed by atoms with Crippen LogP contribution in [0.2, 0.25) is 0 Å². The molecule has 0 fully saturated rings. The fourth-order valence-corrected chi connectivity index (χ4v) is 1.29. The molecule has 3 nitrogen and oxygen atoms in total. The summed E-state index contributed by atoms with van der Waals surface area (Å²) >= 11 is 0. The predicted molar refractivity (Wildman–Crippen MR) is 58.2 cm³/mol. The van der Waals surface area contributed by atoms with Crippen LogP contribution in [0.15, 0.2) is 0 Å². The van der Waals surface area contributed by atoms with Crippen molar-refractivity contribution in [2.24, 2.45) is 0 Å². The van der Waals surface area contributed by atoms with E-state index in [-0.39, 0.29) is 18.1 Å². The first kappa shape index (κ1) is 13.4. The van der Waals surface area contributed by atoms with Gasteiger partial charge in [0.25, 0.3) is 0 Å². The Kier molecular flexibility index (Phi) is 6.54. The smallest absolute Gasteiger partial charge is 0.323 e. The molecule has 0 bridgehead atoms. The molecule has 0 rings (SSSR count). The molecule has 0 aromatic rings. The van der Waals surface area contributed by atoms with Crippen molar-refractivity contribution in [1.29, 1.82) is 0 Å². The van der Waals surface area contributed by atoms with Gasteiger partial charge in [0.15, 0.2) is 0 Å². The average molecular weight is 201 g/mol. The third kappa shape index (κ3) is 5.22. The SMILES string of the molecule is CCC(CC)OC(=O)[C@H](C)NC(C)C. The zero-order valence-corrected chi connectivity index (χ0v) is 9.96. The summed E-state index contributed by atoms with van der Waals surface area (Å²) in [4.78, 5) is 11.5. The number of esters is 1. The standard InChI is InChI=1S/C11H23NO2/c1-6-10(7-2)14-11(13)9(5)12-8(3)4/h8-10,12H,6-7H2,1-5H3/t9-/m0/s1. The van der Waals surface area contributed by atoms with Gasteiger partial charge in [-0.1, -0.05) is 27.7 Å². The number of rotatable bonds is 6. The van der Waals surface area contributed by atoms with Crippen LogP contribution >= 0.6 is 0 Å². The molecule has 0 aliphatic carbocycles. The molecule has 0 aliphatic rings. The highest BCUT2D eigenvalue weighted by molar-refractivity contribution is 5.75. The second-order valence-electron chi connectivity index (χ2n) is 3.92. The van der Waals surface area contributed by atoms with Gasteiger partial charge in [0.1, 0.15) is 12.1 Å². The van der Waals surface area contributed by atoms with Gasteiger partial charge >= 0.3 is 5.97 Å². The minimum Gasteiger partial charge on any atom is -0.461 e. The van der Waals surface area contributed by atoms with E-state index in [4.69, 9.17) is 4.74 Å². The van der Waals surface area contributed by atoms with Crippen LogP contribution in [0.25, 0.3) is 0 Å². The molecule has 0 aliphatic heterocycles. The van der Waals surface area contributed by atoms with Crippen LogP contribution in [0.3, 0.4) is 0 Å². The van der Waals surface area contributed by atoms with E-state index in [1.54, 1.807) is 0 Å². The predicted octanol–water partition coefficient (Wildman–Crippen LogP) is 2.10. The highest BCUT2D eigenvalue weighted by Gasteiger charge is 2.17. The highest BCUT2D eigenvalue weighted by atomic mass is 16.5. The summed E-state index contributed by atoms with van der Waals surface area (Å²) in [5.74, 6) is -0.146. The van der Waals surface area contributed by atoms with Crippen molar-refractivity contribution in [2.75, 3.05) is 0 Å². The zero-order chi connectivity index (χ0) is 11.1. The third-order valence-corrected chi connectivity index (χ3v) is 2.13. The Morgan fingerprint density at radius 3 is 2.07 bits per heavy atom. The summed E-state index contributed by atoms with van der Waals surface area (Å²) in [5.41, 5.74) is 0. The van der Waals surface area contributed by atoms with Gasteiger partial charge in [-0.2, -0.15) is 0 Å². The lowest BCUT2D eigenvalue weighted by atomic mass is 10.2. The summed E-state index contributed by atoms with van der Waals surface area (Å²) < 4.78 is 5.31. The van der Waals surface area contributed by atoms with Crippen LogP contribution in [-0.2, 0) is 9.53 Å². The molecule has 0 saturated carbocycles. The van der Waals surface area contributed by atoms with Crippen molar-refractivity contribution in [3.05, 3.63) is 0 Å².